The maximum Gasteiger partial charge on any atom is 0.229 e. The minimum atomic E-state index is 0.0945. The Bertz CT molecular complexity index is 612. The van der Waals surface area contributed by atoms with Crippen molar-refractivity contribution < 1.29 is 9.26 Å². The van der Waals surface area contributed by atoms with E-state index in [4.69, 9.17) is 32.5 Å². The zero-order valence-electron chi connectivity index (χ0n) is 11.3. The molecule has 0 bridgehead atoms. The fourth-order valence-corrected chi connectivity index (χ4v) is 2.54. The Hall–Kier alpha value is -1.14. The number of hydrogen-bond acceptors (Lipinski definition) is 5. The molecule has 1 aromatic heterocycles. The molecule has 0 spiro atoms. The van der Waals surface area contributed by atoms with Crippen LogP contribution in [0.25, 0.3) is 0 Å². The van der Waals surface area contributed by atoms with E-state index < -0.39 is 0 Å². The normalized spacial score (nSPS) is 18.9. The summed E-state index contributed by atoms with van der Waals surface area (Å²) in [5.74, 6) is 1.23. The molecule has 1 fully saturated rings. The van der Waals surface area contributed by atoms with Crippen LogP contribution in [0.1, 0.15) is 17.3 Å². The van der Waals surface area contributed by atoms with Crippen molar-refractivity contribution in [2.75, 3.05) is 19.7 Å². The van der Waals surface area contributed by atoms with Crippen molar-refractivity contribution in [1.29, 1.82) is 0 Å². The van der Waals surface area contributed by atoms with Crippen molar-refractivity contribution in [1.82, 2.24) is 15.5 Å². The monoisotopic (exact) mass is 327 g/mol. The van der Waals surface area contributed by atoms with Gasteiger partial charge in [0, 0.05) is 19.5 Å². The van der Waals surface area contributed by atoms with Crippen LogP contribution in [0, 0.1) is 0 Å². The van der Waals surface area contributed by atoms with E-state index in [1.807, 2.05) is 12.1 Å². The first kappa shape index (κ1) is 14.8. The minimum absolute atomic E-state index is 0.0945. The van der Waals surface area contributed by atoms with Gasteiger partial charge in [-0.15, -0.1) is 0 Å². The van der Waals surface area contributed by atoms with Gasteiger partial charge in [0.15, 0.2) is 5.82 Å². The van der Waals surface area contributed by atoms with Gasteiger partial charge in [-0.05, 0) is 17.7 Å². The van der Waals surface area contributed by atoms with Crippen LogP contribution in [0.3, 0.4) is 0 Å². The molecule has 1 atom stereocenters. The van der Waals surface area contributed by atoms with E-state index in [2.05, 4.69) is 15.5 Å². The summed E-state index contributed by atoms with van der Waals surface area (Å²) in [4.78, 5) is 4.39. The van der Waals surface area contributed by atoms with Crippen LogP contribution in [0.2, 0.25) is 10.0 Å². The molecule has 0 saturated carbocycles. The van der Waals surface area contributed by atoms with Gasteiger partial charge < -0.3 is 14.6 Å². The highest BCUT2D eigenvalue weighted by atomic mass is 35.5. The van der Waals surface area contributed by atoms with Crippen molar-refractivity contribution in [3.8, 4) is 0 Å². The SMILES string of the molecule is Clc1ccc(Cc2noc(CC3CNCCO3)n2)cc1Cl. The molecule has 21 heavy (non-hydrogen) atoms. The average molecular weight is 328 g/mol. The molecule has 1 aliphatic heterocycles. The molecule has 1 aliphatic rings. The van der Waals surface area contributed by atoms with Crippen LogP contribution < -0.4 is 5.32 Å². The molecule has 3 rings (SSSR count). The van der Waals surface area contributed by atoms with Gasteiger partial charge in [-0.3, -0.25) is 0 Å². The first-order valence-corrected chi connectivity index (χ1v) is 7.54. The molecular weight excluding hydrogens is 313 g/mol. The molecule has 7 heteroatoms. The summed E-state index contributed by atoms with van der Waals surface area (Å²) in [6.45, 7) is 2.42. The Morgan fingerprint density at radius 3 is 2.95 bits per heavy atom. The molecule has 112 valence electrons. The second-order valence-electron chi connectivity index (χ2n) is 4.93. The summed E-state index contributed by atoms with van der Waals surface area (Å²) >= 11 is 11.9. The molecule has 0 radical (unpaired) electrons. The van der Waals surface area contributed by atoms with Crippen molar-refractivity contribution in [2.24, 2.45) is 0 Å². The van der Waals surface area contributed by atoms with Gasteiger partial charge in [0.2, 0.25) is 5.89 Å². The number of halogens is 2. The number of rotatable bonds is 4. The fraction of sp³-hybridized carbons (Fsp3) is 0.429. The lowest BCUT2D eigenvalue weighted by Gasteiger charge is -2.21. The Balaban J connectivity index is 1.62. The van der Waals surface area contributed by atoms with E-state index in [9.17, 15) is 0 Å². The highest BCUT2D eigenvalue weighted by Gasteiger charge is 2.18. The maximum atomic E-state index is 5.99. The van der Waals surface area contributed by atoms with Crippen molar-refractivity contribution >= 4 is 23.2 Å². The molecule has 1 unspecified atom stereocenters. The van der Waals surface area contributed by atoms with E-state index >= 15 is 0 Å². The largest absolute Gasteiger partial charge is 0.375 e. The molecule has 2 aromatic rings. The minimum Gasteiger partial charge on any atom is -0.375 e. The van der Waals surface area contributed by atoms with Crippen LogP contribution in [0.5, 0.6) is 0 Å². The lowest BCUT2D eigenvalue weighted by Crippen LogP contribution is -2.39. The Kier molecular flexibility index (Phi) is 4.75. The van der Waals surface area contributed by atoms with Crippen LogP contribution >= 0.6 is 23.2 Å². The van der Waals surface area contributed by atoms with Gasteiger partial charge in [-0.2, -0.15) is 4.98 Å². The van der Waals surface area contributed by atoms with Crippen LogP contribution in [-0.4, -0.2) is 35.9 Å². The molecular formula is C14H15Cl2N3O2. The number of ether oxygens (including phenoxy) is 1. The predicted molar refractivity (Wildman–Crippen MR) is 79.9 cm³/mol. The second-order valence-corrected chi connectivity index (χ2v) is 5.75. The fourth-order valence-electron chi connectivity index (χ4n) is 2.22. The van der Waals surface area contributed by atoms with E-state index in [0.717, 1.165) is 25.3 Å². The topological polar surface area (TPSA) is 60.2 Å². The summed E-state index contributed by atoms with van der Waals surface area (Å²) in [6, 6.07) is 5.48. The van der Waals surface area contributed by atoms with Gasteiger partial charge >= 0.3 is 0 Å². The third kappa shape index (κ3) is 3.95. The molecule has 5 nitrogen and oxygen atoms in total. The maximum absolute atomic E-state index is 5.99. The highest BCUT2D eigenvalue weighted by Crippen LogP contribution is 2.23. The number of nitrogens with zero attached hydrogens (tertiary/aromatic N) is 2. The van der Waals surface area contributed by atoms with Crippen LogP contribution in [0.4, 0.5) is 0 Å². The molecule has 1 N–H and O–H groups in total. The Morgan fingerprint density at radius 2 is 2.19 bits per heavy atom. The quantitative estimate of drug-likeness (QED) is 0.934. The lowest BCUT2D eigenvalue weighted by atomic mass is 10.1. The van der Waals surface area contributed by atoms with Crippen molar-refractivity contribution in [2.45, 2.75) is 18.9 Å². The van der Waals surface area contributed by atoms with E-state index in [1.54, 1.807) is 6.07 Å². The summed E-state index contributed by atoms with van der Waals surface area (Å²) in [6.07, 6.45) is 1.28. The molecule has 1 saturated heterocycles. The van der Waals surface area contributed by atoms with E-state index in [0.29, 0.717) is 34.6 Å². The Labute approximate surface area is 132 Å². The van der Waals surface area contributed by atoms with Crippen LogP contribution in [0.15, 0.2) is 22.7 Å². The predicted octanol–water partition coefficient (Wildman–Crippen LogP) is 2.50. The molecule has 1 aromatic carbocycles. The molecule has 2 heterocycles. The van der Waals surface area contributed by atoms with Gasteiger partial charge in [0.1, 0.15) is 0 Å². The second kappa shape index (κ2) is 6.75. The average Bonchev–Trinajstić information content (AvgIpc) is 2.91. The molecule has 0 aliphatic carbocycles. The van der Waals surface area contributed by atoms with Crippen LogP contribution in [-0.2, 0) is 17.6 Å². The number of benzene rings is 1. The zero-order valence-corrected chi connectivity index (χ0v) is 12.8. The number of hydrogen-bond donors (Lipinski definition) is 1. The number of aromatic nitrogens is 2. The lowest BCUT2D eigenvalue weighted by molar-refractivity contribution is 0.0246. The summed E-state index contributed by atoms with van der Waals surface area (Å²) in [7, 11) is 0. The van der Waals surface area contributed by atoms with E-state index in [-0.39, 0.29) is 6.10 Å². The van der Waals surface area contributed by atoms with E-state index in [1.165, 1.54) is 0 Å². The smallest absolute Gasteiger partial charge is 0.229 e. The third-order valence-electron chi connectivity index (χ3n) is 3.26. The van der Waals surface area contributed by atoms with Crippen molar-refractivity contribution in [3.05, 3.63) is 45.5 Å². The number of morpholine rings is 1. The summed E-state index contributed by atoms with van der Waals surface area (Å²) < 4.78 is 10.9. The first-order valence-electron chi connectivity index (χ1n) is 6.78. The third-order valence-corrected chi connectivity index (χ3v) is 4.00. The van der Waals surface area contributed by atoms with Gasteiger partial charge in [-0.1, -0.05) is 34.4 Å². The Morgan fingerprint density at radius 1 is 1.29 bits per heavy atom. The zero-order chi connectivity index (χ0) is 14.7. The summed E-state index contributed by atoms with van der Waals surface area (Å²) in [5, 5.41) is 8.33. The first-order chi connectivity index (χ1) is 10.2. The van der Waals surface area contributed by atoms with Gasteiger partial charge in [0.05, 0.1) is 29.2 Å². The molecule has 0 amide bonds. The van der Waals surface area contributed by atoms with Crippen molar-refractivity contribution in [3.63, 3.8) is 0 Å². The van der Waals surface area contributed by atoms with Gasteiger partial charge in [0.25, 0.3) is 0 Å². The highest BCUT2D eigenvalue weighted by molar-refractivity contribution is 6.42. The summed E-state index contributed by atoms with van der Waals surface area (Å²) in [5.41, 5.74) is 0.993. The number of nitrogens with one attached hydrogen (secondary N) is 1. The standard InChI is InChI=1S/C14H15Cl2N3O2/c15-11-2-1-9(5-12(11)16)6-13-18-14(21-19-13)7-10-8-17-3-4-20-10/h1-2,5,10,17H,3-4,6-8H2. The van der Waals surface area contributed by atoms with Gasteiger partial charge in [-0.25, -0.2) is 0 Å².